The van der Waals surface area contributed by atoms with E-state index >= 15 is 0 Å². The zero-order valence-corrected chi connectivity index (χ0v) is 9.83. The van der Waals surface area contributed by atoms with Crippen LogP contribution >= 0.6 is 22.6 Å². The molecule has 0 aliphatic heterocycles. The first-order valence-corrected chi connectivity index (χ1v) is 5.24. The summed E-state index contributed by atoms with van der Waals surface area (Å²) in [6.07, 6.45) is 0. The van der Waals surface area contributed by atoms with Gasteiger partial charge in [0.25, 0.3) is 5.91 Å². The fourth-order valence-corrected chi connectivity index (χ4v) is 1.31. The highest BCUT2D eigenvalue weighted by Crippen LogP contribution is 2.06. The van der Waals surface area contributed by atoms with Crippen LogP contribution in [0.5, 0.6) is 0 Å². The quantitative estimate of drug-likeness (QED) is 0.834. The van der Waals surface area contributed by atoms with E-state index in [0.29, 0.717) is 5.56 Å². The highest BCUT2D eigenvalue weighted by Gasteiger charge is 2.05. The van der Waals surface area contributed by atoms with Gasteiger partial charge in [-0.3, -0.25) is 4.79 Å². The van der Waals surface area contributed by atoms with Crippen molar-refractivity contribution in [1.29, 1.82) is 0 Å². The van der Waals surface area contributed by atoms with Crippen molar-refractivity contribution in [3.63, 3.8) is 0 Å². The molecule has 3 heteroatoms. The zero-order valence-electron chi connectivity index (χ0n) is 7.67. The molecular weight excluding hydrogens is 281 g/mol. The van der Waals surface area contributed by atoms with Gasteiger partial charge in [-0.25, -0.2) is 0 Å². The molecule has 1 aromatic carbocycles. The molecule has 0 saturated heterocycles. The molecule has 0 aliphatic rings. The number of carbonyl (C=O) groups is 1. The summed E-state index contributed by atoms with van der Waals surface area (Å²) in [6.45, 7) is 3.90. The molecule has 13 heavy (non-hydrogen) atoms. The topological polar surface area (TPSA) is 29.1 Å². The van der Waals surface area contributed by atoms with Gasteiger partial charge < -0.3 is 5.32 Å². The van der Waals surface area contributed by atoms with Crippen LogP contribution in [0.3, 0.4) is 0 Å². The van der Waals surface area contributed by atoms with Crippen molar-refractivity contribution < 1.29 is 4.79 Å². The second-order valence-corrected chi connectivity index (χ2v) is 4.38. The number of hydrogen-bond acceptors (Lipinski definition) is 1. The fourth-order valence-electron chi connectivity index (χ4n) is 0.947. The molecule has 1 amide bonds. The lowest BCUT2D eigenvalue weighted by Gasteiger charge is -2.07. The highest BCUT2D eigenvalue weighted by molar-refractivity contribution is 14.1. The molecule has 0 atom stereocenters. The minimum absolute atomic E-state index is 0.00796. The summed E-state index contributed by atoms with van der Waals surface area (Å²) < 4.78 is 1.14. The smallest absolute Gasteiger partial charge is 0.251 e. The molecular formula is C10H12INO. The van der Waals surface area contributed by atoms with Gasteiger partial charge in [0.1, 0.15) is 0 Å². The van der Waals surface area contributed by atoms with Gasteiger partial charge in [0.2, 0.25) is 0 Å². The van der Waals surface area contributed by atoms with E-state index in [9.17, 15) is 4.79 Å². The van der Waals surface area contributed by atoms with Gasteiger partial charge in [-0.2, -0.15) is 0 Å². The summed E-state index contributed by atoms with van der Waals surface area (Å²) in [6, 6.07) is 7.71. The Balaban J connectivity index is 2.72. The molecule has 0 unspecified atom stereocenters. The Morgan fingerprint density at radius 2 is 1.85 bits per heavy atom. The predicted molar refractivity (Wildman–Crippen MR) is 61.8 cm³/mol. The van der Waals surface area contributed by atoms with Crippen LogP contribution in [0.2, 0.25) is 0 Å². The van der Waals surface area contributed by atoms with Gasteiger partial charge in [0, 0.05) is 15.2 Å². The summed E-state index contributed by atoms with van der Waals surface area (Å²) in [5.41, 5.74) is 0.717. The van der Waals surface area contributed by atoms with Gasteiger partial charge >= 0.3 is 0 Å². The van der Waals surface area contributed by atoms with Crippen molar-refractivity contribution >= 4 is 28.5 Å². The second-order valence-electron chi connectivity index (χ2n) is 3.14. The van der Waals surface area contributed by atoms with Gasteiger partial charge in [-0.15, -0.1) is 0 Å². The zero-order chi connectivity index (χ0) is 9.84. The van der Waals surface area contributed by atoms with E-state index in [4.69, 9.17) is 0 Å². The minimum Gasteiger partial charge on any atom is -0.350 e. The van der Waals surface area contributed by atoms with Crippen molar-refractivity contribution in [1.82, 2.24) is 5.32 Å². The monoisotopic (exact) mass is 293 g/mol. The van der Waals surface area contributed by atoms with E-state index in [0.717, 1.165) is 3.57 Å². The number of carbonyl (C=O) groups excluding carboxylic acids is 1. The Morgan fingerprint density at radius 1 is 1.31 bits per heavy atom. The Kier molecular flexibility index (Phi) is 3.71. The molecule has 1 aromatic rings. The normalized spacial score (nSPS) is 10.2. The Hall–Kier alpha value is -0.580. The molecule has 2 nitrogen and oxygen atoms in total. The van der Waals surface area contributed by atoms with Crippen LogP contribution in [-0.2, 0) is 0 Å². The molecule has 70 valence electrons. The first-order valence-electron chi connectivity index (χ1n) is 4.16. The maximum atomic E-state index is 11.5. The summed E-state index contributed by atoms with van der Waals surface area (Å²) in [5.74, 6) is -0.00796. The van der Waals surface area contributed by atoms with Crippen LogP contribution in [0.15, 0.2) is 24.3 Å². The minimum atomic E-state index is -0.00796. The summed E-state index contributed by atoms with van der Waals surface area (Å²) >= 11 is 2.21. The number of hydrogen-bond donors (Lipinski definition) is 1. The number of nitrogens with one attached hydrogen (secondary N) is 1. The van der Waals surface area contributed by atoms with E-state index in [1.54, 1.807) is 0 Å². The first kappa shape index (κ1) is 10.5. The third kappa shape index (κ3) is 3.34. The SMILES string of the molecule is CC(C)NC(=O)c1ccc([131I])cc1. The molecule has 0 saturated carbocycles. The van der Waals surface area contributed by atoms with E-state index in [-0.39, 0.29) is 11.9 Å². The maximum Gasteiger partial charge on any atom is 0.251 e. The lowest BCUT2D eigenvalue weighted by Crippen LogP contribution is -2.29. The van der Waals surface area contributed by atoms with Gasteiger partial charge in [0.15, 0.2) is 0 Å². The van der Waals surface area contributed by atoms with E-state index in [2.05, 4.69) is 27.9 Å². The average Bonchev–Trinajstić information content (AvgIpc) is 2.04. The van der Waals surface area contributed by atoms with E-state index in [1.807, 2.05) is 38.1 Å². The number of halogens is 1. The molecule has 0 heterocycles. The Bertz CT molecular complexity index is 292. The lowest BCUT2D eigenvalue weighted by molar-refractivity contribution is 0.0943. The Labute approximate surface area is 91.9 Å². The largest absolute Gasteiger partial charge is 0.350 e. The maximum absolute atomic E-state index is 11.5. The standard InChI is InChI=1S/C10H12INO/c1-7(2)12-10(13)8-3-5-9(11)6-4-8/h3-7H,1-2H3,(H,12,13)/i11+4. The second kappa shape index (κ2) is 4.60. The molecule has 0 bridgehead atoms. The lowest BCUT2D eigenvalue weighted by atomic mass is 10.2. The van der Waals surface area contributed by atoms with Crippen molar-refractivity contribution in [2.75, 3.05) is 0 Å². The highest BCUT2D eigenvalue weighted by atomic mass is 131. The van der Waals surface area contributed by atoms with E-state index in [1.165, 1.54) is 0 Å². The predicted octanol–water partition coefficient (Wildman–Crippen LogP) is 2.43. The number of rotatable bonds is 2. The first-order chi connectivity index (χ1) is 6.09. The summed E-state index contributed by atoms with van der Waals surface area (Å²) in [7, 11) is 0. The molecule has 0 aromatic heterocycles. The molecule has 0 aliphatic carbocycles. The molecule has 0 radical (unpaired) electrons. The summed E-state index contributed by atoms with van der Waals surface area (Å²) in [4.78, 5) is 11.5. The summed E-state index contributed by atoms with van der Waals surface area (Å²) in [5, 5.41) is 2.84. The van der Waals surface area contributed by atoms with Crippen LogP contribution < -0.4 is 5.32 Å². The fraction of sp³-hybridized carbons (Fsp3) is 0.300. The van der Waals surface area contributed by atoms with Gasteiger partial charge in [0.05, 0.1) is 0 Å². The van der Waals surface area contributed by atoms with Gasteiger partial charge in [-0.1, -0.05) is 0 Å². The molecule has 0 spiro atoms. The molecule has 0 fully saturated rings. The van der Waals surface area contributed by atoms with Crippen molar-refractivity contribution in [2.24, 2.45) is 0 Å². The van der Waals surface area contributed by atoms with Crippen molar-refractivity contribution in [3.8, 4) is 0 Å². The Morgan fingerprint density at radius 3 is 2.31 bits per heavy atom. The van der Waals surface area contributed by atoms with Crippen LogP contribution in [0.25, 0.3) is 0 Å². The van der Waals surface area contributed by atoms with Gasteiger partial charge in [-0.05, 0) is 60.7 Å². The third-order valence-corrected chi connectivity index (χ3v) is 2.25. The van der Waals surface area contributed by atoms with Crippen molar-refractivity contribution in [3.05, 3.63) is 33.4 Å². The van der Waals surface area contributed by atoms with Crippen LogP contribution in [0.4, 0.5) is 0 Å². The average molecular weight is 293 g/mol. The molecule has 1 N–H and O–H groups in total. The van der Waals surface area contributed by atoms with E-state index < -0.39 is 0 Å². The number of amides is 1. The molecule has 1 rings (SSSR count). The van der Waals surface area contributed by atoms with Crippen LogP contribution in [0.1, 0.15) is 24.2 Å². The number of benzene rings is 1. The van der Waals surface area contributed by atoms with Crippen molar-refractivity contribution in [2.45, 2.75) is 19.9 Å². The van der Waals surface area contributed by atoms with Crippen LogP contribution in [-0.4, -0.2) is 11.9 Å². The third-order valence-electron chi connectivity index (χ3n) is 1.53. The van der Waals surface area contributed by atoms with Crippen LogP contribution in [0, 0.1) is 3.57 Å².